The Labute approximate surface area is 127 Å². The highest BCUT2D eigenvalue weighted by Crippen LogP contribution is 2.36. The molecule has 0 aromatic carbocycles. The molecule has 4 N–H and O–H groups in total. The Morgan fingerprint density at radius 2 is 2.10 bits per heavy atom. The van der Waals surface area contributed by atoms with Crippen LogP contribution in [0.2, 0.25) is 0 Å². The summed E-state index contributed by atoms with van der Waals surface area (Å²) in [4.78, 5) is 27.8. The average Bonchev–Trinajstić information content (AvgIpc) is 2.95. The van der Waals surface area contributed by atoms with Gasteiger partial charge < -0.3 is 16.2 Å². The minimum atomic E-state index is -0.815. The smallest absolute Gasteiger partial charge is 0.311 e. The molecule has 2 rings (SSSR count). The molecule has 0 aliphatic heterocycles. The average molecular weight is 311 g/mol. The number of carboxylic acid groups (broad SMARTS) is 1. The summed E-state index contributed by atoms with van der Waals surface area (Å²) < 4.78 is 0. The number of amides is 1. The van der Waals surface area contributed by atoms with Crippen LogP contribution in [0.4, 0.5) is 0 Å². The van der Waals surface area contributed by atoms with Crippen LogP contribution in [-0.4, -0.2) is 35.1 Å². The Balaban J connectivity index is 1.96. The zero-order chi connectivity index (χ0) is 15.3. The van der Waals surface area contributed by atoms with E-state index in [0.717, 1.165) is 24.3 Å². The minimum absolute atomic E-state index is 0.172. The van der Waals surface area contributed by atoms with E-state index in [2.05, 4.69) is 10.3 Å². The van der Waals surface area contributed by atoms with Crippen LogP contribution in [0.5, 0.6) is 0 Å². The first-order valence-electron chi connectivity index (χ1n) is 7.23. The van der Waals surface area contributed by atoms with Gasteiger partial charge in [0.2, 0.25) is 0 Å². The molecule has 0 unspecified atom stereocenters. The largest absolute Gasteiger partial charge is 0.481 e. The van der Waals surface area contributed by atoms with E-state index in [4.69, 9.17) is 5.73 Å². The van der Waals surface area contributed by atoms with Gasteiger partial charge in [0.15, 0.2) is 0 Å². The van der Waals surface area contributed by atoms with E-state index >= 15 is 0 Å². The van der Waals surface area contributed by atoms with Crippen molar-refractivity contribution in [3.8, 4) is 0 Å². The fourth-order valence-corrected chi connectivity index (χ4v) is 3.48. The second kappa shape index (κ2) is 7.00. The second-order valence-electron chi connectivity index (χ2n) is 5.49. The molecule has 1 heterocycles. The third-order valence-electron chi connectivity index (χ3n) is 3.99. The molecule has 1 aliphatic carbocycles. The molecule has 0 saturated heterocycles. The van der Waals surface area contributed by atoms with Gasteiger partial charge in [0.05, 0.1) is 10.4 Å². The van der Waals surface area contributed by atoms with Crippen LogP contribution in [0.1, 0.15) is 47.6 Å². The first-order valence-corrected chi connectivity index (χ1v) is 8.11. The number of carbonyl (C=O) groups excluding carboxylic acids is 1. The van der Waals surface area contributed by atoms with E-state index in [9.17, 15) is 14.7 Å². The summed E-state index contributed by atoms with van der Waals surface area (Å²) in [6.45, 7) is 0.668. The zero-order valence-electron chi connectivity index (χ0n) is 11.9. The van der Waals surface area contributed by atoms with E-state index in [1.807, 2.05) is 0 Å². The molecule has 1 aromatic rings. The van der Waals surface area contributed by atoms with Gasteiger partial charge in [-0.2, -0.15) is 0 Å². The van der Waals surface area contributed by atoms with Crippen molar-refractivity contribution in [1.29, 1.82) is 0 Å². The van der Waals surface area contributed by atoms with Crippen LogP contribution in [0.15, 0.2) is 5.38 Å². The van der Waals surface area contributed by atoms with Gasteiger partial charge in [-0.25, -0.2) is 4.98 Å². The molecule has 6 nitrogen and oxygen atoms in total. The summed E-state index contributed by atoms with van der Waals surface area (Å²) in [5.41, 5.74) is 4.99. The van der Waals surface area contributed by atoms with E-state index < -0.39 is 11.4 Å². The molecule has 0 bridgehead atoms. The second-order valence-corrected chi connectivity index (χ2v) is 6.44. The molecule has 1 saturated carbocycles. The van der Waals surface area contributed by atoms with Crippen molar-refractivity contribution in [2.45, 2.75) is 38.5 Å². The molecule has 0 atom stereocenters. The fraction of sp³-hybridized carbons (Fsp3) is 0.643. The number of nitrogens with one attached hydrogen (secondary N) is 1. The number of carbonyl (C=O) groups is 2. The van der Waals surface area contributed by atoms with E-state index in [-0.39, 0.29) is 12.5 Å². The quantitative estimate of drug-likeness (QED) is 0.736. The van der Waals surface area contributed by atoms with Crippen molar-refractivity contribution in [3.05, 3.63) is 16.1 Å². The fourth-order valence-electron chi connectivity index (χ4n) is 2.69. The van der Waals surface area contributed by atoms with Crippen molar-refractivity contribution >= 4 is 23.2 Å². The number of hydrogen-bond donors (Lipinski definition) is 3. The maximum atomic E-state index is 12.1. The normalized spacial score (nSPS) is 17.4. The summed E-state index contributed by atoms with van der Waals surface area (Å²) in [5.74, 6) is -1.12. The molecular formula is C14H21N3O3S. The molecule has 1 aromatic heterocycles. The van der Waals surface area contributed by atoms with Crippen molar-refractivity contribution in [2.24, 2.45) is 11.1 Å². The van der Waals surface area contributed by atoms with Gasteiger partial charge in [0, 0.05) is 18.3 Å². The molecule has 0 radical (unpaired) electrons. The van der Waals surface area contributed by atoms with E-state index in [1.54, 1.807) is 5.38 Å². The van der Waals surface area contributed by atoms with E-state index in [0.29, 0.717) is 31.5 Å². The number of nitrogens with two attached hydrogens (primary N) is 1. The van der Waals surface area contributed by atoms with Crippen molar-refractivity contribution in [2.75, 3.05) is 13.1 Å². The van der Waals surface area contributed by atoms with Gasteiger partial charge in [-0.15, -0.1) is 11.3 Å². The lowest BCUT2D eigenvalue weighted by Crippen LogP contribution is -2.44. The Morgan fingerprint density at radius 3 is 2.71 bits per heavy atom. The maximum Gasteiger partial charge on any atom is 0.311 e. The maximum absolute atomic E-state index is 12.1. The predicted octanol–water partition coefficient (Wildman–Crippen LogP) is 1.41. The number of carboxylic acids is 1. The van der Waals surface area contributed by atoms with Gasteiger partial charge in [-0.3, -0.25) is 9.59 Å². The van der Waals surface area contributed by atoms with Gasteiger partial charge in [-0.1, -0.05) is 19.3 Å². The van der Waals surface area contributed by atoms with Crippen molar-refractivity contribution < 1.29 is 14.7 Å². The van der Waals surface area contributed by atoms with Gasteiger partial charge >= 0.3 is 5.97 Å². The van der Waals surface area contributed by atoms with Crippen LogP contribution in [0.25, 0.3) is 0 Å². The Hall–Kier alpha value is -1.47. The summed E-state index contributed by atoms with van der Waals surface area (Å²) in [6, 6.07) is 0. The molecule has 1 aliphatic rings. The van der Waals surface area contributed by atoms with Gasteiger partial charge in [0.25, 0.3) is 5.91 Å². The molecular weight excluding hydrogens is 290 g/mol. The minimum Gasteiger partial charge on any atom is -0.481 e. The number of aliphatic carboxylic acids is 1. The molecule has 1 fully saturated rings. The number of hydrogen-bond acceptors (Lipinski definition) is 5. The molecule has 7 heteroatoms. The molecule has 0 spiro atoms. The van der Waals surface area contributed by atoms with Gasteiger partial charge in [-0.05, 0) is 19.4 Å². The van der Waals surface area contributed by atoms with Crippen molar-refractivity contribution in [3.63, 3.8) is 0 Å². The Bertz CT molecular complexity index is 509. The van der Waals surface area contributed by atoms with Crippen LogP contribution in [0, 0.1) is 5.41 Å². The number of aromatic nitrogens is 1. The van der Waals surface area contributed by atoms with Crippen LogP contribution in [-0.2, 0) is 11.2 Å². The lowest BCUT2D eigenvalue weighted by atomic mass is 9.74. The Morgan fingerprint density at radius 1 is 1.38 bits per heavy atom. The molecule has 21 heavy (non-hydrogen) atoms. The van der Waals surface area contributed by atoms with Crippen LogP contribution >= 0.6 is 11.3 Å². The highest BCUT2D eigenvalue weighted by molar-refractivity contribution is 7.09. The van der Waals surface area contributed by atoms with E-state index in [1.165, 1.54) is 11.3 Å². The zero-order valence-corrected chi connectivity index (χ0v) is 12.7. The standard InChI is InChI=1S/C14H21N3O3S/c15-7-4-11-17-10(8-21-11)12(18)16-9-14(13(19)20)5-2-1-3-6-14/h8H,1-7,9,15H2,(H,16,18)(H,19,20). The summed E-state index contributed by atoms with van der Waals surface area (Å²) in [7, 11) is 0. The first kappa shape index (κ1) is 15.9. The summed E-state index contributed by atoms with van der Waals surface area (Å²) >= 11 is 1.40. The predicted molar refractivity (Wildman–Crippen MR) is 80.4 cm³/mol. The highest BCUT2D eigenvalue weighted by atomic mass is 32.1. The summed E-state index contributed by atoms with van der Waals surface area (Å²) in [6.07, 6.45) is 4.77. The highest BCUT2D eigenvalue weighted by Gasteiger charge is 2.39. The topological polar surface area (TPSA) is 105 Å². The first-order chi connectivity index (χ1) is 10.1. The third-order valence-corrected chi connectivity index (χ3v) is 4.90. The number of rotatable bonds is 6. The monoisotopic (exact) mass is 311 g/mol. The third kappa shape index (κ3) is 3.79. The molecule has 116 valence electrons. The SMILES string of the molecule is NCCc1nc(C(=O)NCC2(C(=O)O)CCCCC2)cs1. The Kier molecular flexibility index (Phi) is 5.30. The number of nitrogens with zero attached hydrogens (tertiary/aromatic N) is 1. The van der Waals surface area contributed by atoms with Crippen molar-refractivity contribution in [1.82, 2.24) is 10.3 Å². The van der Waals surface area contributed by atoms with Crippen LogP contribution < -0.4 is 11.1 Å². The molecule has 1 amide bonds. The lowest BCUT2D eigenvalue weighted by molar-refractivity contribution is -0.150. The van der Waals surface area contributed by atoms with Gasteiger partial charge in [0.1, 0.15) is 5.69 Å². The number of thiazole rings is 1. The summed E-state index contributed by atoms with van der Waals surface area (Å²) in [5, 5.41) is 14.7. The lowest BCUT2D eigenvalue weighted by Gasteiger charge is -2.33. The van der Waals surface area contributed by atoms with Crippen LogP contribution in [0.3, 0.4) is 0 Å².